The SMILES string of the molecule is CCOCCCNC(=NCc1nnc(C)n1C)NC1CCC(C(F)(F)F)CC1. The zero-order chi connectivity index (χ0) is 20.6. The number of aryl methyl sites for hydroxylation is 1. The van der Waals surface area contributed by atoms with Crippen molar-refractivity contribution in [2.45, 2.75) is 64.7 Å². The highest BCUT2D eigenvalue weighted by Crippen LogP contribution is 2.37. The number of guanidine groups is 1. The van der Waals surface area contributed by atoms with E-state index in [-0.39, 0.29) is 18.9 Å². The molecule has 0 aromatic carbocycles. The molecule has 10 heteroatoms. The number of ether oxygens (including phenoxy) is 1. The smallest absolute Gasteiger partial charge is 0.382 e. The van der Waals surface area contributed by atoms with Crippen LogP contribution in [0.25, 0.3) is 0 Å². The Morgan fingerprint density at radius 2 is 1.96 bits per heavy atom. The number of rotatable bonds is 8. The van der Waals surface area contributed by atoms with Crippen LogP contribution in [0.4, 0.5) is 13.2 Å². The number of hydrogen-bond acceptors (Lipinski definition) is 4. The van der Waals surface area contributed by atoms with Crippen molar-refractivity contribution in [3.63, 3.8) is 0 Å². The number of alkyl halides is 3. The number of aliphatic imine (C=N–C) groups is 1. The molecule has 1 aliphatic rings. The van der Waals surface area contributed by atoms with Gasteiger partial charge in [-0.3, -0.25) is 0 Å². The Labute approximate surface area is 164 Å². The summed E-state index contributed by atoms with van der Waals surface area (Å²) in [5, 5.41) is 14.6. The van der Waals surface area contributed by atoms with Crippen LogP contribution >= 0.6 is 0 Å². The van der Waals surface area contributed by atoms with Crippen LogP contribution in [0, 0.1) is 12.8 Å². The summed E-state index contributed by atoms with van der Waals surface area (Å²) in [4.78, 5) is 4.56. The molecule has 0 saturated heterocycles. The van der Waals surface area contributed by atoms with Gasteiger partial charge in [0.15, 0.2) is 11.8 Å². The first-order valence-corrected chi connectivity index (χ1v) is 9.85. The van der Waals surface area contributed by atoms with E-state index in [2.05, 4.69) is 25.8 Å². The van der Waals surface area contributed by atoms with Crippen molar-refractivity contribution in [1.29, 1.82) is 0 Å². The fourth-order valence-corrected chi connectivity index (χ4v) is 3.17. The predicted octanol–water partition coefficient (Wildman–Crippen LogP) is 2.71. The highest BCUT2D eigenvalue weighted by atomic mass is 19.4. The molecule has 1 aromatic rings. The molecule has 0 amide bonds. The fraction of sp³-hybridized carbons (Fsp3) is 0.833. The minimum atomic E-state index is -4.09. The van der Waals surface area contributed by atoms with Crippen molar-refractivity contribution >= 4 is 5.96 Å². The van der Waals surface area contributed by atoms with Gasteiger partial charge in [-0.2, -0.15) is 13.2 Å². The minimum absolute atomic E-state index is 0.0158. The van der Waals surface area contributed by atoms with E-state index in [1.165, 1.54) is 0 Å². The molecule has 0 radical (unpaired) electrons. The van der Waals surface area contributed by atoms with Crippen molar-refractivity contribution in [2.24, 2.45) is 18.0 Å². The molecule has 0 aliphatic heterocycles. The molecule has 1 aromatic heterocycles. The molecule has 2 rings (SSSR count). The summed E-state index contributed by atoms with van der Waals surface area (Å²) in [5.41, 5.74) is 0. The van der Waals surface area contributed by atoms with Gasteiger partial charge in [0, 0.05) is 32.8 Å². The molecule has 1 aliphatic carbocycles. The molecule has 0 bridgehead atoms. The molecular weight excluding hydrogens is 373 g/mol. The quantitative estimate of drug-likeness (QED) is 0.396. The lowest BCUT2D eigenvalue weighted by atomic mass is 9.85. The first-order valence-electron chi connectivity index (χ1n) is 9.85. The zero-order valence-corrected chi connectivity index (χ0v) is 16.8. The molecule has 7 nitrogen and oxygen atoms in total. The van der Waals surface area contributed by atoms with Gasteiger partial charge in [0.1, 0.15) is 12.4 Å². The molecule has 1 heterocycles. The number of halogens is 3. The van der Waals surface area contributed by atoms with Crippen molar-refractivity contribution in [1.82, 2.24) is 25.4 Å². The van der Waals surface area contributed by atoms with E-state index < -0.39 is 12.1 Å². The molecule has 0 atom stereocenters. The molecule has 2 N–H and O–H groups in total. The molecule has 28 heavy (non-hydrogen) atoms. The van der Waals surface area contributed by atoms with Crippen molar-refractivity contribution in [3.8, 4) is 0 Å². The third-order valence-electron chi connectivity index (χ3n) is 5.05. The lowest BCUT2D eigenvalue weighted by Crippen LogP contribution is -2.46. The van der Waals surface area contributed by atoms with Gasteiger partial charge in [0.2, 0.25) is 0 Å². The summed E-state index contributed by atoms with van der Waals surface area (Å²) < 4.78 is 45.8. The summed E-state index contributed by atoms with van der Waals surface area (Å²) in [5.74, 6) is 0.933. The molecule has 1 fully saturated rings. The second-order valence-electron chi connectivity index (χ2n) is 7.10. The fourth-order valence-electron chi connectivity index (χ4n) is 3.17. The van der Waals surface area contributed by atoms with Crippen LogP contribution in [0.3, 0.4) is 0 Å². The topological polar surface area (TPSA) is 76.4 Å². The normalized spacial score (nSPS) is 21.0. The summed E-state index contributed by atoms with van der Waals surface area (Å²) in [7, 11) is 1.88. The third kappa shape index (κ3) is 6.96. The minimum Gasteiger partial charge on any atom is -0.382 e. The molecule has 0 spiro atoms. The lowest BCUT2D eigenvalue weighted by molar-refractivity contribution is -0.182. The summed E-state index contributed by atoms with van der Waals surface area (Å²) in [6, 6.07) is -0.0158. The van der Waals surface area contributed by atoms with Gasteiger partial charge < -0.3 is 19.9 Å². The van der Waals surface area contributed by atoms with Crippen LogP contribution < -0.4 is 10.6 Å². The average Bonchev–Trinajstić information content (AvgIpc) is 2.97. The first kappa shape index (κ1) is 22.4. The maximum absolute atomic E-state index is 12.9. The molecule has 1 saturated carbocycles. The zero-order valence-electron chi connectivity index (χ0n) is 16.8. The van der Waals surface area contributed by atoms with Gasteiger partial charge >= 0.3 is 6.18 Å². The van der Waals surface area contributed by atoms with Crippen molar-refractivity contribution < 1.29 is 17.9 Å². The van der Waals surface area contributed by atoms with Crippen molar-refractivity contribution in [3.05, 3.63) is 11.6 Å². The number of aromatic nitrogens is 3. The molecular formula is C18H31F3N6O. The summed E-state index contributed by atoms with van der Waals surface area (Å²) >= 11 is 0. The Bertz CT molecular complexity index is 623. The van der Waals surface area contributed by atoms with E-state index in [1.54, 1.807) is 0 Å². The number of nitrogens with zero attached hydrogens (tertiary/aromatic N) is 4. The van der Waals surface area contributed by atoms with E-state index in [9.17, 15) is 13.2 Å². The van der Waals surface area contributed by atoms with Gasteiger partial charge in [-0.15, -0.1) is 10.2 Å². The second-order valence-corrected chi connectivity index (χ2v) is 7.10. The Balaban J connectivity index is 1.92. The van der Waals surface area contributed by atoms with Crippen LogP contribution in [-0.4, -0.2) is 52.7 Å². The lowest BCUT2D eigenvalue weighted by Gasteiger charge is -2.31. The summed E-state index contributed by atoms with van der Waals surface area (Å²) in [6.07, 6.45) is -2.01. The van der Waals surface area contributed by atoms with Gasteiger partial charge in [0.25, 0.3) is 0 Å². The van der Waals surface area contributed by atoms with Crippen LogP contribution in [0.5, 0.6) is 0 Å². The van der Waals surface area contributed by atoms with E-state index in [1.807, 2.05) is 25.5 Å². The highest BCUT2D eigenvalue weighted by molar-refractivity contribution is 5.80. The van der Waals surface area contributed by atoms with Crippen LogP contribution in [0.1, 0.15) is 50.7 Å². The Morgan fingerprint density at radius 1 is 1.25 bits per heavy atom. The van der Waals surface area contributed by atoms with E-state index in [0.717, 1.165) is 18.1 Å². The van der Waals surface area contributed by atoms with Gasteiger partial charge in [-0.25, -0.2) is 4.99 Å². The second kappa shape index (κ2) is 10.6. The van der Waals surface area contributed by atoms with Gasteiger partial charge in [-0.05, 0) is 46.0 Å². The Kier molecular flexibility index (Phi) is 8.53. The van der Waals surface area contributed by atoms with Crippen LogP contribution in [0.2, 0.25) is 0 Å². The first-order chi connectivity index (χ1) is 13.3. The van der Waals surface area contributed by atoms with Crippen LogP contribution in [-0.2, 0) is 18.3 Å². The van der Waals surface area contributed by atoms with E-state index >= 15 is 0 Å². The number of hydrogen-bond donors (Lipinski definition) is 2. The maximum Gasteiger partial charge on any atom is 0.391 e. The van der Waals surface area contributed by atoms with E-state index in [4.69, 9.17) is 4.74 Å². The number of nitrogens with one attached hydrogen (secondary N) is 2. The highest BCUT2D eigenvalue weighted by Gasteiger charge is 2.41. The van der Waals surface area contributed by atoms with E-state index in [0.29, 0.717) is 45.1 Å². The van der Waals surface area contributed by atoms with Gasteiger partial charge in [-0.1, -0.05) is 0 Å². The van der Waals surface area contributed by atoms with Gasteiger partial charge in [0.05, 0.1) is 5.92 Å². The Hall–Kier alpha value is -1.84. The monoisotopic (exact) mass is 404 g/mol. The Morgan fingerprint density at radius 3 is 2.54 bits per heavy atom. The summed E-state index contributed by atoms with van der Waals surface area (Å²) in [6.45, 7) is 6.15. The molecule has 0 unspecified atom stereocenters. The largest absolute Gasteiger partial charge is 0.391 e. The maximum atomic E-state index is 12.9. The standard InChI is InChI=1S/C18H31F3N6O/c1-4-28-11-5-10-22-17(23-12-16-26-25-13(2)27(16)3)24-15-8-6-14(7-9-15)18(19,20)21/h14-15H,4-12H2,1-3H3,(H2,22,23,24). The predicted molar refractivity (Wildman–Crippen MR) is 101 cm³/mol. The average molecular weight is 404 g/mol. The third-order valence-corrected chi connectivity index (χ3v) is 5.05. The van der Waals surface area contributed by atoms with Crippen molar-refractivity contribution in [2.75, 3.05) is 19.8 Å². The van der Waals surface area contributed by atoms with Crippen LogP contribution in [0.15, 0.2) is 4.99 Å². The molecule has 160 valence electrons.